The Labute approximate surface area is 107 Å². The van der Waals surface area contributed by atoms with E-state index in [1.54, 1.807) is 20.8 Å². The van der Waals surface area contributed by atoms with Crippen LogP contribution in [0.4, 0.5) is 10.1 Å². The number of anilines is 1. The zero-order chi connectivity index (χ0) is 14.0. The van der Waals surface area contributed by atoms with E-state index in [0.29, 0.717) is 5.56 Å². The summed E-state index contributed by atoms with van der Waals surface area (Å²) in [5.74, 6) is -0.456. The molecule has 0 spiro atoms. The highest BCUT2D eigenvalue weighted by molar-refractivity contribution is 7.90. The van der Waals surface area contributed by atoms with Crippen LogP contribution in [0.15, 0.2) is 18.2 Å². The molecule has 0 aromatic heterocycles. The van der Waals surface area contributed by atoms with Gasteiger partial charge in [-0.15, -0.1) is 0 Å². The van der Waals surface area contributed by atoms with Gasteiger partial charge in [-0.25, -0.2) is 4.39 Å². The number of halogens is 1. The summed E-state index contributed by atoms with van der Waals surface area (Å²) in [6.07, 6.45) is 0. The van der Waals surface area contributed by atoms with Crippen LogP contribution in [-0.4, -0.2) is 14.0 Å². The predicted molar refractivity (Wildman–Crippen MR) is 69.7 cm³/mol. The number of hydrogen-bond donors (Lipinski definition) is 3. The molecule has 0 fully saturated rings. The minimum absolute atomic E-state index is 0.0468. The van der Waals surface area contributed by atoms with E-state index in [-0.39, 0.29) is 12.2 Å². The SMILES string of the molecule is CC(C)(C)NS(=O)(=O)Nc1ccc(F)cc1CN. The van der Waals surface area contributed by atoms with Crippen LogP contribution in [0.5, 0.6) is 0 Å². The van der Waals surface area contributed by atoms with Gasteiger partial charge in [0.05, 0.1) is 5.69 Å². The molecule has 0 aliphatic heterocycles. The minimum atomic E-state index is -3.72. The van der Waals surface area contributed by atoms with Crippen LogP contribution in [0, 0.1) is 5.82 Å². The Morgan fingerprint density at radius 3 is 2.44 bits per heavy atom. The van der Waals surface area contributed by atoms with Gasteiger partial charge in [-0.05, 0) is 44.5 Å². The lowest BCUT2D eigenvalue weighted by Crippen LogP contribution is -2.43. The van der Waals surface area contributed by atoms with Crippen LogP contribution < -0.4 is 15.2 Å². The fraction of sp³-hybridized carbons (Fsp3) is 0.455. The van der Waals surface area contributed by atoms with Crippen molar-refractivity contribution in [3.8, 4) is 0 Å². The van der Waals surface area contributed by atoms with E-state index in [0.717, 1.165) is 0 Å². The number of nitrogens with one attached hydrogen (secondary N) is 2. The predicted octanol–water partition coefficient (Wildman–Crippen LogP) is 1.33. The third kappa shape index (κ3) is 4.59. The third-order valence-electron chi connectivity index (χ3n) is 1.97. The lowest BCUT2D eigenvalue weighted by Gasteiger charge is -2.21. The lowest BCUT2D eigenvalue weighted by molar-refractivity contribution is 0.494. The van der Waals surface area contributed by atoms with E-state index in [9.17, 15) is 12.8 Å². The summed E-state index contributed by atoms with van der Waals surface area (Å²) in [5, 5.41) is 0. The van der Waals surface area contributed by atoms with Gasteiger partial charge >= 0.3 is 0 Å². The molecule has 0 heterocycles. The van der Waals surface area contributed by atoms with Gasteiger partial charge in [0.1, 0.15) is 5.82 Å². The molecule has 0 aliphatic rings. The van der Waals surface area contributed by atoms with Crippen molar-refractivity contribution in [2.75, 3.05) is 4.72 Å². The lowest BCUT2D eigenvalue weighted by atomic mass is 10.1. The number of rotatable bonds is 4. The Morgan fingerprint density at radius 1 is 1.33 bits per heavy atom. The van der Waals surface area contributed by atoms with Crippen molar-refractivity contribution in [1.82, 2.24) is 4.72 Å². The normalized spacial score (nSPS) is 12.5. The van der Waals surface area contributed by atoms with Gasteiger partial charge in [-0.1, -0.05) is 0 Å². The molecule has 1 aromatic carbocycles. The second-order valence-corrected chi connectivity index (χ2v) is 6.38. The molecule has 5 nitrogen and oxygen atoms in total. The summed E-state index contributed by atoms with van der Waals surface area (Å²) in [6.45, 7) is 5.22. The van der Waals surface area contributed by atoms with Gasteiger partial charge < -0.3 is 5.73 Å². The fourth-order valence-electron chi connectivity index (χ4n) is 1.40. The zero-order valence-corrected chi connectivity index (χ0v) is 11.4. The highest BCUT2D eigenvalue weighted by Crippen LogP contribution is 2.18. The Balaban J connectivity index is 2.98. The van der Waals surface area contributed by atoms with Crippen LogP contribution in [0.3, 0.4) is 0 Å². The molecular weight excluding hydrogens is 257 g/mol. The van der Waals surface area contributed by atoms with Crippen molar-refractivity contribution in [2.24, 2.45) is 5.73 Å². The standard InChI is InChI=1S/C11H18FN3O2S/c1-11(2,3)15-18(16,17)14-10-5-4-9(12)6-8(10)7-13/h4-6,14-15H,7,13H2,1-3H3. The first kappa shape index (κ1) is 14.9. The monoisotopic (exact) mass is 275 g/mol. The molecule has 0 unspecified atom stereocenters. The second-order valence-electron chi connectivity index (χ2n) is 4.96. The molecule has 1 aromatic rings. The third-order valence-corrected chi connectivity index (χ3v) is 3.34. The van der Waals surface area contributed by atoms with Crippen LogP contribution in [0.2, 0.25) is 0 Å². The Bertz CT molecular complexity index is 524. The summed E-state index contributed by atoms with van der Waals surface area (Å²) in [6, 6.07) is 3.72. The van der Waals surface area contributed by atoms with Gasteiger partial charge in [-0.2, -0.15) is 13.1 Å². The maximum absolute atomic E-state index is 13.0. The molecular formula is C11H18FN3O2S. The van der Waals surface area contributed by atoms with Gasteiger partial charge in [0, 0.05) is 12.1 Å². The molecule has 0 bridgehead atoms. The van der Waals surface area contributed by atoms with Crippen molar-refractivity contribution in [2.45, 2.75) is 32.9 Å². The molecule has 0 saturated carbocycles. The smallest absolute Gasteiger partial charge is 0.299 e. The van der Waals surface area contributed by atoms with E-state index in [1.807, 2.05) is 0 Å². The second kappa shape index (κ2) is 5.21. The molecule has 0 atom stereocenters. The number of benzene rings is 1. The largest absolute Gasteiger partial charge is 0.326 e. The van der Waals surface area contributed by atoms with Crippen molar-refractivity contribution in [3.63, 3.8) is 0 Å². The molecule has 18 heavy (non-hydrogen) atoms. The first-order valence-corrected chi connectivity index (χ1v) is 6.91. The molecule has 0 saturated heterocycles. The molecule has 1 rings (SSSR count). The number of hydrogen-bond acceptors (Lipinski definition) is 3. The summed E-state index contributed by atoms with van der Waals surface area (Å²) in [4.78, 5) is 0. The number of nitrogens with two attached hydrogens (primary N) is 1. The highest BCUT2D eigenvalue weighted by atomic mass is 32.2. The van der Waals surface area contributed by atoms with Crippen molar-refractivity contribution < 1.29 is 12.8 Å². The summed E-state index contributed by atoms with van der Waals surface area (Å²) in [5.41, 5.74) is 5.51. The minimum Gasteiger partial charge on any atom is -0.326 e. The Kier molecular flexibility index (Phi) is 4.31. The topological polar surface area (TPSA) is 84.2 Å². The molecule has 102 valence electrons. The van der Waals surface area contributed by atoms with Crippen molar-refractivity contribution in [3.05, 3.63) is 29.6 Å². The van der Waals surface area contributed by atoms with Crippen molar-refractivity contribution in [1.29, 1.82) is 0 Å². The summed E-state index contributed by atoms with van der Waals surface area (Å²) in [7, 11) is -3.72. The van der Waals surface area contributed by atoms with Gasteiger partial charge in [0.15, 0.2) is 0 Å². The first-order chi connectivity index (χ1) is 8.13. The van der Waals surface area contributed by atoms with Crippen LogP contribution >= 0.6 is 0 Å². The molecule has 0 aliphatic carbocycles. The average Bonchev–Trinajstić information content (AvgIpc) is 2.16. The van der Waals surface area contributed by atoms with E-state index in [4.69, 9.17) is 5.73 Å². The van der Waals surface area contributed by atoms with E-state index < -0.39 is 21.6 Å². The van der Waals surface area contributed by atoms with Crippen LogP contribution in [-0.2, 0) is 16.8 Å². The molecule has 0 amide bonds. The highest BCUT2D eigenvalue weighted by Gasteiger charge is 2.20. The van der Waals surface area contributed by atoms with Crippen molar-refractivity contribution >= 4 is 15.9 Å². The Hall–Kier alpha value is -1.18. The molecule has 7 heteroatoms. The molecule has 0 radical (unpaired) electrons. The maximum atomic E-state index is 13.0. The van der Waals surface area contributed by atoms with E-state index >= 15 is 0 Å². The van der Waals surface area contributed by atoms with Crippen LogP contribution in [0.1, 0.15) is 26.3 Å². The van der Waals surface area contributed by atoms with E-state index in [2.05, 4.69) is 9.44 Å². The zero-order valence-electron chi connectivity index (χ0n) is 10.6. The fourth-order valence-corrected chi connectivity index (χ4v) is 2.75. The van der Waals surface area contributed by atoms with E-state index in [1.165, 1.54) is 18.2 Å². The Morgan fingerprint density at radius 2 is 1.94 bits per heavy atom. The van der Waals surface area contributed by atoms with Gasteiger partial charge in [0.2, 0.25) is 0 Å². The molecule has 4 N–H and O–H groups in total. The average molecular weight is 275 g/mol. The quantitative estimate of drug-likeness (QED) is 0.775. The first-order valence-electron chi connectivity index (χ1n) is 5.43. The van der Waals surface area contributed by atoms with Gasteiger partial charge in [0.25, 0.3) is 10.2 Å². The van der Waals surface area contributed by atoms with Crippen LogP contribution in [0.25, 0.3) is 0 Å². The summed E-state index contributed by atoms with van der Waals surface area (Å²) >= 11 is 0. The summed E-state index contributed by atoms with van der Waals surface area (Å²) < 4.78 is 41.4. The van der Waals surface area contributed by atoms with Gasteiger partial charge in [-0.3, -0.25) is 4.72 Å². The maximum Gasteiger partial charge on any atom is 0.299 e.